The molecule has 1 unspecified atom stereocenters. The van der Waals surface area contributed by atoms with E-state index in [0.29, 0.717) is 10.6 Å². The zero-order valence-corrected chi connectivity index (χ0v) is 18.7. The first-order chi connectivity index (χ1) is 14.9. The van der Waals surface area contributed by atoms with Crippen LogP contribution in [0.15, 0.2) is 59.8 Å². The third-order valence-electron chi connectivity index (χ3n) is 5.02. The van der Waals surface area contributed by atoms with Gasteiger partial charge in [0.1, 0.15) is 6.04 Å². The maximum atomic E-state index is 12.7. The highest BCUT2D eigenvalue weighted by Gasteiger charge is 2.25. The van der Waals surface area contributed by atoms with Crippen molar-refractivity contribution in [3.05, 3.63) is 70.9 Å². The number of nitrogens with zero attached hydrogens (tertiary/aromatic N) is 2. The molecule has 1 heterocycles. The normalized spacial score (nSPS) is 12.4. The standard InChI is InChI=1S/C24H27ClN4O2/c1-4-13-29-15-17(18-9-6-8-12-21(18)29)14-26-28-24(31)22(16(2)3)27-23(30)19-10-5-7-11-20(19)25/h5-12,14-16,22H,4,13H2,1-3H3,(H,27,30)(H,28,31)/b26-14-. The van der Waals surface area contributed by atoms with E-state index in [1.165, 1.54) is 0 Å². The molecule has 2 amide bonds. The molecule has 2 aromatic carbocycles. The summed E-state index contributed by atoms with van der Waals surface area (Å²) in [6, 6.07) is 14.1. The quantitative estimate of drug-likeness (QED) is 0.398. The summed E-state index contributed by atoms with van der Waals surface area (Å²) >= 11 is 6.10. The summed E-state index contributed by atoms with van der Waals surface area (Å²) in [5, 5.41) is 8.32. The van der Waals surface area contributed by atoms with Gasteiger partial charge < -0.3 is 9.88 Å². The molecule has 0 saturated carbocycles. The van der Waals surface area contributed by atoms with Crippen LogP contribution in [-0.2, 0) is 11.3 Å². The van der Waals surface area contributed by atoms with Gasteiger partial charge in [-0.3, -0.25) is 9.59 Å². The van der Waals surface area contributed by atoms with Crippen LogP contribution in [-0.4, -0.2) is 28.6 Å². The molecule has 1 aromatic heterocycles. The molecule has 7 heteroatoms. The maximum Gasteiger partial charge on any atom is 0.262 e. The minimum atomic E-state index is -0.748. The van der Waals surface area contributed by atoms with Gasteiger partial charge in [-0.25, -0.2) is 5.43 Å². The zero-order chi connectivity index (χ0) is 22.4. The molecule has 0 radical (unpaired) electrons. The fourth-order valence-electron chi connectivity index (χ4n) is 3.44. The van der Waals surface area contributed by atoms with Crippen molar-refractivity contribution in [2.75, 3.05) is 0 Å². The van der Waals surface area contributed by atoms with Crippen LogP contribution < -0.4 is 10.7 Å². The fourth-order valence-corrected chi connectivity index (χ4v) is 3.66. The Balaban J connectivity index is 1.72. The summed E-state index contributed by atoms with van der Waals surface area (Å²) < 4.78 is 2.18. The third-order valence-corrected chi connectivity index (χ3v) is 5.35. The second kappa shape index (κ2) is 10.3. The molecule has 0 aliphatic heterocycles. The molecule has 3 rings (SSSR count). The van der Waals surface area contributed by atoms with E-state index in [9.17, 15) is 9.59 Å². The van der Waals surface area contributed by atoms with Crippen LogP contribution in [0.3, 0.4) is 0 Å². The van der Waals surface area contributed by atoms with Gasteiger partial charge in [-0.2, -0.15) is 5.10 Å². The Morgan fingerprint density at radius 2 is 1.84 bits per heavy atom. The number of aromatic nitrogens is 1. The average molecular weight is 439 g/mol. The van der Waals surface area contributed by atoms with Crippen molar-refractivity contribution in [3.63, 3.8) is 0 Å². The van der Waals surface area contributed by atoms with Gasteiger partial charge in [0.05, 0.1) is 16.8 Å². The lowest BCUT2D eigenvalue weighted by Crippen LogP contribution is -2.48. The first-order valence-electron chi connectivity index (χ1n) is 10.4. The monoisotopic (exact) mass is 438 g/mol. The van der Waals surface area contributed by atoms with Gasteiger partial charge in [0.25, 0.3) is 11.8 Å². The number of amides is 2. The van der Waals surface area contributed by atoms with E-state index in [1.807, 2.05) is 38.2 Å². The van der Waals surface area contributed by atoms with Gasteiger partial charge in [-0.05, 0) is 30.5 Å². The Labute approximate surface area is 187 Å². The molecular formula is C24H27ClN4O2. The van der Waals surface area contributed by atoms with Crippen molar-refractivity contribution in [1.82, 2.24) is 15.3 Å². The second-order valence-corrected chi connectivity index (χ2v) is 8.11. The summed E-state index contributed by atoms with van der Waals surface area (Å²) in [4.78, 5) is 25.3. The van der Waals surface area contributed by atoms with E-state index in [0.717, 1.165) is 29.4 Å². The van der Waals surface area contributed by atoms with Crippen molar-refractivity contribution in [3.8, 4) is 0 Å². The summed E-state index contributed by atoms with van der Waals surface area (Å²) in [7, 11) is 0. The average Bonchev–Trinajstić information content (AvgIpc) is 3.10. The van der Waals surface area contributed by atoms with Crippen molar-refractivity contribution in [2.24, 2.45) is 11.0 Å². The lowest BCUT2D eigenvalue weighted by Gasteiger charge is -2.20. The molecule has 0 spiro atoms. The minimum absolute atomic E-state index is 0.131. The van der Waals surface area contributed by atoms with Crippen molar-refractivity contribution >= 4 is 40.5 Å². The number of hydrogen-bond acceptors (Lipinski definition) is 3. The summed E-state index contributed by atoms with van der Waals surface area (Å²) in [6.45, 7) is 6.76. The second-order valence-electron chi connectivity index (χ2n) is 7.70. The largest absolute Gasteiger partial charge is 0.347 e. The molecule has 1 atom stereocenters. The molecule has 0 bridgehead atoms. The van der Waals surface area contributed by atoms with Gasteiger partial charge in [0.2, 0.25) is 0 Å². The van der Waals surface area contributed by atoms with Gasteiger partial charge in [-0.1, -0.05) is 62.7 Å². The predicted molar refractivity (Wildman–Crippen MR) is 126 cm³/mol. The number of benzene rings is 2. The van der Waals surface area contributed by atoms with Gasteiger partial charge in [0.15, 0.2) is 0 Å². The van der Waals surface area contributed by atoms with Crippen LogP contribution in [0, 0.1) is 5.92 Å². The molecular weight excluding hydrogens is 412 g/mol. The van der Waals surface area contributed by atoms with Gasteiger partial charge in [-0.15, -0.1) is 0 Å². The highest BCUT2D eigenvalue weighted by atomic mass is 35.5. The minimum Gasteiger partial charge on any atom is -0.347 e. The highest BCUT2D eigenvalue weighted by Crippen LogP contribution is 2.20. The lowest BCUT2D eigenvalue weighted by atomic mass is 10.0. The number of fused-ring (bicyclic) bond motifs is 1. The highest BCUT2D eigenvalue weighted by molar-refractivity contribution is 6.33. The summed E-state index contributed by atoms with van der Waals surface area (Å²) in [5.41, 5.74) is 4.94. The van der Waals surface area contributed by atoms with Crippen LogP contribution in [0.2, 0.25) is 5.02 Å². The van der Waals surface area contributed by atoms with E-state index in [4.69, 9.17) is 11.6 Å². The SMILES string of the molecule is CCCn1cc(/C=N\NC(=O)C(NC(=O)c2ccccc2Cl)C(C)C)c2ccccc21. The molecule has 0 saturated heterocycles. The smallest absolute Gasteiger partial charge is 0.262 e. The number of aryl methyl sites for hydroxylation is 1. The van der Waals surface area contributed by atoms with Gasteiger partial charge in [0, 0.05) is 29.2 Å². The molecule has 0 aliphatic carbocycles. The molecule has 3 aromatic rings. The number of rotatable bonds is 8. The van der Waals surface area contributed by atoms with E-state index >= 15 is 0 Å². The summed E-state index contributed by atoms with van der Waals surface area (Å²) in [5.74, 6) is -0.914. The Morgan fingerprint density at radius 3 is 2.55 bits per heavy atom. The number of para-hydroxylation sites is 1. The molecule has 6 nitrogen and oxygen atoms in total. The van der Waals surface area contributed by atoms with Crippen LogP contribution in [0.1, 0.15) is 43.1 Å². The number of carbonyl (C=O) groups excluding carboxylic acids is 2. The molecule has 31 heavy (non-hydrogen) atoms. The Hall–Kier alpha value is -3.12. The third kappa shape index (κ3) is 5.33. The maximum absolute atomic E-state index is 12.7. The van der Waals surface area contributed by atoms with Crippen LogP contribution >= 0.6 is 11.6 Å². The molecule has 162 valence electrons. The molecule has 0 aliphatic rings. The van der Waals surface area contributed by atoms with E-state index in [1.54, 1.807) is 30.5 Å². The van der Waals surface area contributed by atoms with E-state index in [-0.39, 0.29) is 11.8 Å². The van der Waals surface area contributed by atoms with Crippen LogP contribution in [0.5, 0.6) is 0 Å². The number of halogens is 1. The Bertz CT molecular complexity index is 1100. The number of carbonyl (C=O) groups is 2. The number of hydrogen-bond donors (Lipinski definition) is 2. The van der Waals surface area contributed by atoms with Crippen molar-refractivity contribution in [2.45, 2.75) is 39.8 Å². The topological polar surface area (TPSA) is 75.5 Å². The van der Waals surface area contributed by atoms with Crippen molar-refractivity contribution in [1.29, 1.82) is 0 Å². The Morgan fingerprint density at radius 1 is 1.13 bits per heavy atom. The summed E-state index contributed by atoms with van der Waals surface area (Å²) in [6.07, 6.45) is 4.69. The van der Waals surface area contributed by atoms with Crippen LogP contribution in [0.25, 0.3) is 10.9 Å². The first kappa shape index (κ1) is 22.6. The van der Waals surface area contributed by atoms with E-state index < -0.39 is 11.9 Å². The number of nitrogens with one attached hydrogen (secondary N) is 2. The zero-order valence-electron chi connectivity index (χ0n) is 17.9. The Kier molecular flexibility index (Phi) is 7.47. The number of hydrazone groups is 1. The van der Waals surface area contributed by atoms with Crippen LogP contribution in [0.4, 0.5) is 0 Å². The first-order valence-corrected chi connectivity index (χ1v) is 10.8. The predicted octanol–water partition coefficient (Wildman–Crippen LogP) is 4.61. The fraction of sp³-hybridized carbons (Fsp3) is 0.292. The molecule has 0 fully saturated rings. The lowest BCUT2D eigenvalue weighted by molar-refractivity contribution is -0.123. The molecule has 2 N–H and O–H groups in total. The van der Waals surface area contributed by atoms with Crippen molar-refractivity contribution < 1.29 is 9.59 Å². The van der Waals surface area contributed by atoms with Gasteiger partial charge >= 0.3 is 0 Å². The van der Waals surface area contributed by atoms with E-state index in [2.05, 4.69) is 33.4 Å².